The lowest BCUT2D eigenvalue weighted by Crippen LogP contribution is -2.25. The Morgan fingerprint density at radius 2 is 1.95 bits per heavy atom. The SMILES string of the molecule is CCCNC(c1ccccc1C)c1cc(C)cnc1N. The van der Waals surface area contributed by atoms with Crippen LogP contribution in [0.3, 0.4) is 0 Å². The molecular formula is C17H23N3. The first-order valence-electron chi connectivity index (χ1n) is 7.14. The summed E-state index contributed by atoms with van der Waals surface area (Å²) in [6.45, 7) is 7.30. The fraction of sp³-hybridized carbons (Fsp3) is 0.353. The van der Waals surface area contributed by atoms with Crippen molar-refractivity contribution in [1.29, 1.82) is 0 Å². The van der Waals surface area contributed by atoms with Crippen molar-refractivity contribution in [2.75, 3.05) is 12.3 Å². The summed E-state index contributed by atoms with van der Waals surface area (Å²) in [7, 11) is 0. The van der Waals surface area contributed by atoms with Crippen molar-refractivity contribution in [2.24, 2.45) is 0 Å². The number of nitrogens with zero attached hydrogens (tertiary/aromatic N) is 1. The zero-order valence-electron chi connectivity index (χ0n) is 12.5. The molecule has 0 saturated carbocycles. The molecule has 0 bridgehead atoms. The zero-order valence-corrected chi connectivity index (χ0v) is 12.5. The van der Waals surface area contributed by atoms with Crippen molar-refractivity contribution >= 4 is 5.82 Å². The number of aromatic nitrogens is 1. The maximum absolute atomic E-state index is 6.10. The molecule has 3 nitrogen and oxygen atoms in total. The molecule has 2 rings (SSSR count). The Balaban J connectivity index is 2.47. The van der Waals surface area contributed by atoms with Gasteiger partial charge in [0, 0.05) is 11.8 Å². The second kappa shape index (κ2) is 6.53. The highest BCUT2D eigenvalue weighted by Crippen LogP contribution is 2.28. The quantitative estimate of drug-likeness (QED) is 0.875. The topological polar surface area (TPSA) is 50.9 Å². The van der Waals surface area contributed by atoms with Crippen LogP contribution >= 0.6 is 0 Å². The second-order valence-electron chi connectivity index (χ2n) is 5.23. The number of benzene rings is 1. The van der Waals surface area contributed by atoms with Crippen LogP contribution in [0.15, 0.2) is 36.5 Å². The Morgan fingerprint density at radius 1 is 1.20 bits per heavy atom. The smallest absolute Gasteiger partial charge is 0.128 e. The minimum atomic E-state index is 0.101. The summed E-state index contributed by atoms with van der Waals surface area (Å²) in [4.78, 5) is 4.30. The molecule has 106 valence electrons. The van der Waals surface area contributed by atoms with Crippen molar-refractivity contribution in [3.63, 3.8) is 0 Å². The van der Waals surface area contributed by atoms with E-state index >= 15 is 0 Å². The lowest BCUT2D eigenvalue weighted by atomic mass is 9.94. The van der Waals surface area contributed by atoms with Gasteiger partial charge < -0.3 is 11.1 Å². The van der Waals surface area contributed by atoms with Crippen molar-refractivity contribution < 1.29 is 0 Å². The summed E-state index contributed by atoms with van der Waals surface area (Å²) in [5.41, 5.74) is 10.8. The molecule has 0 spiro atoms. The minimum absolute atomic E-state index is 0.101. The highest BCUT2D eigenvalue weighted by molar-refractivity contribution is 5.48. The lowest BCUT2D eigenvalue weighted by molar-refractivity contribution is 0.596. The molecule has 1 aromatic heterocycles. The van der Waals surface area contributed by atoms with Crippen LogP contribution in [0.25, 0.3) is 0 Å². The number of aryl methyl sites for hydroxylation is 2. The molecule has 3 heteroatoms. The van der Waals surface area contributed by atoms with Crippen LogP contribution < -0.4 is 11.1 Å². The monoisotopic (exact) mass is 269 g/mol. The number of hydrogen-bond acceptors (Lipinski definition) is 3. The van der Waals surface area contributed by atoms with Gasteiger partial charge in [0.2, 0.25) is 0 Å². The van der Waals surface area contributed by atoms with Crippen LogP contribution in [0.2, 0.25) is 0 Å². The molecule has 1 atom stereocenters. The van der Waals surface area contributed by atoms with Gasteiger partial charge in [-0.05, 0) is 49.6 Å². The third-order valence-corrected chi connectivity index (χ3v) is 3.50. The van der Waals surface area contributed by atoms with E-state index in [2.05, 4.69) is 54.5 Å². The summed E-state index contributed by atoms with van der Waals surface area (Å²) in [5.74, 6) is 0.604. The highest BCUT2D eigenvalue weighted by atomic mass is 14.9. The maximum atomic E-state index is 6.10. The third kappa shape index (κ3) is 3.17. The van der Waals surface area contributed by atoms with E-state index in [-0.39, 0.29) is 6.04 Å². The average molecular weight is 269 g/mol. The summed E-state index contributed by atoms with van der Waals surface area (Å²) < 4.78 is 0. The first kappa shape index (κ1) is 14.5. The summed E-state index contributed by atoms with van der Waals surface area (Å²) >= 11 is 0. The van der Waals surface area contributed by atoms with Crippen LogP contribution in [-0.2, 0) is 0 Å². The van der Waals surface area contributed by atoms with Crippen molar-refractivity contribution in [3.8, 4) is 0 Å². The van der Waals surface area contributed by atoms with E-state index < -0.39 is 0 Å². The Bertz CT molecular complexity index is 578. The number of hydrogen-bond donors (Lipinski definition) is 2. The van der Waals surface area contributed by atoms with Crippen LogP contribution in [-0.4, -0.2) is 11.5 Å². The molecule has 1 heterocycles. The number of nitrogens with two attached hydrogens (primary N) is 1. The van der Waals surface area contributed by atoms with Gasteiger partial charge in [-0.3, -0.25) is 0 Å². The Hall–Kier alpha value is -1.87. The predicted octanol–water partition coefficient (Wildman–Crippen LogP) is 3.37. The molecular weight excluding hydrogens is 246 g/mol. The van der Waals surface area contributed by atoms with Gasteiger partial charge in [0.25, 0.3) is 0 Å². The van der Waals surface area contributed by atoms with Gasteiger partial charge in [-0.1, -0.05) is 31.2 Å². The lowest BCUT2D eigenvalue weighted by Gasteiger charge is -2.22. The molecule has 2 aromatic rings. The van der Waals surface area contributed by atoms with E-state index in [0.717, 1.165) is 24.1 Å². The number of nitrogens with one attached hydrogen (secondary N) is 1. The van der Waals surface area contributed by atoms with Gasteiger partial charge >= 0.3 is 0 Å². The molecule has 1 aromatic carbocycles. The molecule has 20 heavy (non-hydrogen) atoms. The maximum Gasteiger partial charge on any atom is 0.128 e. The number of anilines is 1. The number of nitrogen functional groups attached to an aromatic ring is 1. The summed E-state index contributed by atoms with van der Waals surface area (Å²) in [5, 5.41) is 3.59. The van der Waals surface area contributed by atoms with Gasteiger partial charge in [-0.25, -0.2) is 4.98 Å². The van der Waals surface area contributed by atoms with E-state index in [1.807, 2.05) is 13.1 Å². The van der Waals surface area contributed by atoms with Crippen LogP contribution in [0, 0.1) is 13.8 Å². The van der Waals surface area contributed by atoms with E-state index in [0.29, 0.717) is 5.82 Å². The van der Waals surface area contributed by atoms with Gasteiger partial charge in [-0.2, -0.15) is 0 Å². The molecule has 0 radical (unpaired) electrons. The molecule has 0 aliphatic rings. The van der Waals surface area contributed by atoms with Gasteiger partial charge in [0.1, 0.15) is 5.82 Å². The predicted molar refractivity (Wildman–Crippen MR) is 84.7 cm³/mol. The van der Waals surface area contributed by atoms with E-state index in [9.17, 15) is 0 Å². The normalized spacial score (nSPS) is 12.3. The third-order valence-electron chi connectivity index (χ3n) is 3.50. The summed E-state index contributed by atoms with van der Waals surface area (Å²) in [6.07, 6.45) is 2.90. The van der Waals surface area contributed by atoms with Crippen molar-refractivity contribution in [3.05, 3.63) is 58.8 Å². The molecule has 0 aliphatic carbocycles. The molecule has 0 aliphatic heterocycles. The largest absolute Gasteiger partial charge is 0.383 e. The number of rotatable bonds is 5. The van der Waals surface area contributed by atoms with Crippen molar-refractivity contribution in [1.82, 2.24) is 10.3 Å². The highest BCUT2D eigenvalue weighted by Gasteiger charge is 2.18. The molecule has 1 unspecified atom stereocenters. The van der Waals surface area contributed by atoms with Crippen LogP contribution in [0.4, 0.5) is 5.82 Å². The second-order valence-corrected chi connectivity index (χ2v) is 5.23. The van der Waals surface area contributed by atoms with Gasteiger partial charge in [-0.15, -0.1) is 0 Å². The average Bonchev–Trinajstić information content (AvgIpc) is 2.44. The fourth-order valence-electron chi connectivity index (χ4n) is 2.42. The minimum Gasteiger partial charge on any atom is -0.383 e. The van der Waals surface area contributed by atoms with E-state index in [4.69, 9.17) is 5.73 Å². The van der Waals surface area contributed by atoms with Crippen molar-refractivity contribution in [2.45, 2.75) is 33.2 Å². The van der Waals surface area contributed by atoms with Gasteiger partial charge in [0.05, 0.1) is 6.04 Å². The van der Waals surface area contributed by atoms with Crippen LogP contribution in [0.5, 0.6) is 0 Å². The fourth-order valence-corrected chi connectivity index (χ4v) is 2.42. The molecule has 3 N–H and O–H groups in total. The first-order chi connectivity index (χ1) is 9.63. The Morgan fingerprint density at radius 3 is 2.65 bits per heavy atom. The van der Waals surface area contributed by atoms with E-state index in [1.54, 1.807) is 0 Å². The molecule has 0 fully saturated rings. The van der Waals surface area contributed by atoms with E-state index in [1.165, 1.54) is 11.1 Å². The molecule has 0 amide bonds. The van der Waals surface area contributed by atoms with Crippen LogP contribution in [0.1, 0.15) is 41.6 Å². The Kier molecular flexibility index (Phi) is 4.74. The molecule has 0 saturated heterocycles. The zero-order chi connectivity index (χ0) is 14.5. The Labute approximate surface area is 121 Å². The standard InChI is InChI=1S/C17H23N3/c1-4-9-19-16(14-8-6-5-7-13(14)3)15-10-12(2)11-20-17(15)18/h5-8,10-11,16,19H,4,9H2,1-3H3,(H2,18,20). The summed E-state index contributed by atoms with van der Waals surface area (Å²) in [6, 6.07) is 10.7. The van der Waals surface area contributed by atoms with Gasteiger partial charge in [0.15, 0.2) is 0 Å². The number of pyridine rings is 1. The first-order valence-corrected chi connectivity index (χ1v) is 7.14.